The largest absolute Gasteiger partial charge is 0.407 e. The molecule has 0 aromatic rings. The average Bonchev–Trinajstić information content (AvgIpc) is 1.62. The topological polar surface area (TPSA) is 17.1 Å². The van der Waals surface area contributed by atoms with Gasteiger partial charge >= 0.3 is 15.9 Å². The molecule has 10 heavy (non-hydrogen) atoms. The second-order valence-corrected chi connectivity index (χ2v) is 2.70. The molecule has 0 spiro atoms. The SMILES string of the molecule is O=C(F)C(F)(F)C(F)(F)I. The summed E-state index contributed by atoms with van der Waals surface area (Å²) in [5.74, 6) is -5.21. The molecule has 1 nitrogen and oxygen atoms in total. The number of rotatable bonds is 2. The van der Waals surface area contributed by atoms with Gasteiger partial charge in [-0.25, -0.2) is 0 Å². The lowest BCUT2D eigenvalue weighted by molar-refractivity contribution is -0.183. The van der Waals surface area contributed by atoms with E-state index in [1.165, 1.54) is 0 Å². The molecule has 0 bridgehead atoms. The molecule has 0 N–H and O–H groups in total. The van der Waals surface area contributed by atoms with Crippen molar-refractivity contribution in [2.24, 2.45) is 0 Å². The standard InChI is InChI=1S/C3F5IO/c4-1(10)2(5,6)3(7,8)9. The second-order valence-electron chi connectivity index (χ2n) is 1.35. The number of carbonyl (C=O) groups excluding carboxylic acids is 1. The molecule has 0 aliphatic heterocycles. The summed E-state index contributed by atoms with van der Waals surface area (Å²) in [5.41, 5.74) is 0. The van der Waals surface area contributed by atoms with Gasteiger partial charge in [-0.3, -0.25) is 4.79 Å². The molecule has 0 amide bonds. The molecule has 0 fully saturated rings. The van der Waals surface area contributed by atoms with E-state index in [1.54, 1.807) is 0 Å². The third kappa shape index (κ3) is 1.77. The van der Waals surface area contributed by atoms with Gasteiger partial charge in [0, 0.05) is 22.6 Å². The molecule has 0 rings (SSSR count). The molecule has 0 aliphatic rings. The maximum absolute atomic E-state index is 11.6. The minimum absolute atomic E-state index is 0.00957. The van der Waals surface area contributed by atoms with Crippen LogP contribution < -0.4 is 0 Å². The Balaban J connectivity index is 4.57. The number of hydrogen-bond donors (Lipinski definition) is 0. The molecule has 0 heterocycles. The number of carbonyl (C=O) groups is 1. The molecule has 0 aromatic carbocycles. The third-order valence-electron chi connectivity index (χ3n) is 0.603. The zero-order chi connectivity index (χ0) is 8.58. The van der Waals surface area contributed by atoms with Crippen LogP contribution in [0.2, 0.25) is 0 Å². The first-order valence-electron chi connectivity index (χ1n) is 1.84. The van der Waals surface area contributed by atoms with E-state index < -0.39 is 15.9 Å². The fourth-order valence-electron chi connectivity index (χ4n) is 0.111. The van der Waals surface area contributed by atoms with E-state index in [2.05, 4.69) is 0 Å². The Bertz CT molecular complexity index is 149. The lowest BCUT2D eigenvalue weighted by atomic mass is 10.4. The molecule has 7 heteroatoms. The Labute approximate surface area is 65.7 Å². The molecular weight excluding hydrogens is 274 g/mol. The first-order chi connectivity index (χ1) is 4.19. The molecule has 0 aliphatic carbocycles. The van der Waals surface area contributed by atoms with E-state index in [1.807, 2.05) is 0 Å². The van der Waals surface area contributed by atoms with Crippen molar-refractivity contribution in [1.82, 2.24) is 0 Å². The second kappa shape index (κ2) is 2.59. The van der Waals surface area contributed by atoms with Gasteiger partial charge in [0.2, 0.25) is 0 Å². The summed E-state index contributed by atoms with van der Waals surface area (Å²) in [6.07, 6.45) is 0. The Hall–Kier alpha value is 0.0500. The minimum atomic E-state index is -5.21. The van der Waals surface area contributed by atoms with Crippen molar-refractivity contribution in [1.29, 1.82) is 0 Å². The number of hydrogen-bond acceptors (Lipinski definition) is 1. The minimum Gasteiger partial charge on any atom is -0.254 e. The number of alkyl halides is 5. The highest BCUT2D eigenvalue weighted by atomic mass is 127. The molecule has 0 unspecified atom stereocenters. The lowest BCUT2D eigenvalue weighted by Crippen LogP contribution is -2.40. The molecule has 0 radical (unpaired) electrons. The van der Waals surface area contributed by atoms with E-state index >= 15 is 0 Å². The van der Waals surface area contributed by atoms with Crippen molar-refractivity contribution < 1.29 is 26.7 Å². The van der Waals surface area contributed by atoms with Crippen LogP contribution >= 0.6 is 22.6 Å². The summed E-state index contributed by atoms with van der Waals surface area (Å²) in [4.78, 5) is 9.21. The van der Waals surface area contributed by atoms with Gasteiger partial charge in [0.25, 0.3) is 0 Å². The highest BCUT2D eigenvalue weighted by molar-refractivity contribution is 14.1. The average molecular weight is 274 g/mol. The molecule has 60 valence electrons. The van der Waals surface area contributed by atoms with Gasteiger partial charge < -0.3 is 0 Å². The maximum Gasteiger partial charge on any atom is 0.407 e. The summed E-state index contributed by atoms with van der Waals surface area (Å²) in [5, 5.41) is 0. The van der Waals surface area contributed by atoms with Gasteiger partial charge in [0.05, 0.1) is 0 Å². The van der Waals surface area contributed by atoms with E-state index in [4.69, 9.17) is 0 Å². The Kier molecular flexibility index (Phi) is 2.60. The van der Waals surface area contributed by atoms with Gasteiger partial charge in [-0.15, -0.1) is 0 Å². The van der Waals surface area contributed by atoms with Crippen LogP contribution in [0.5, 0.6) is 0 Å². The van der Waals surface area contributed by atoms with Crippen LogP contribution in [0.25, 0.3) is 0 Å². The van der Waals surface area contributed by atoms with Crippen LogP contribution in [-0.2, 0) is 4.79 Å². The van der Waals surface area contributed by atoms with Crippen LogP contribution in [0.1, 0.15) is 0 Å². The van der Waals surface area contributed by atoms with Gasteiger partial charge in [-0.1, -0.05) is 0 Å². The summed E-state index contributed by atoms with van der Waals surface area (Å²) < 4.78 is 52.6. The Morgan fingerprint density at radius 1 is 1.20 bits per heavy atom. The first kappa shape index (κ1) is 10.0. The summed E-state index contributed by atoms with van der Waals surface area (Å²) in [7, 11) is 0. The number of halogens is 6. The summed E-state index contributed by atoms with van der Waals surface area (Å²) in [6, 6.07) is -3.33. The van der Waals surface area contributed by atoms with E-state index in [9.17, 15) is 26.7 Å². The predicted molar refractivity (Wildman–Crippen MR) is 30.0 cm³/mol. The van der Waals surface area contributed by atoms with Crippen LogP contribution in [-0.4, -0.2) is 15.9 Å². The maximum atomic E-state index is 11.6. The van der Waals surface area contributed by atoms with Crippen molar-refractivity contribution in [3.05, 3.63) is 0 Å². The van der Waals surface area contributed by atoms with Crippen molar-refractivity contribution >= 4 is 28.6 Å². The van der Waals surface area contributed by atoms with Crippen LogP contribution in [0, 0.1) is 0 Å². The fourth-order valence-corrected chi connectivity index (χ4v) is 0.323. The van der Waals surface area contributed by atoms with Gasteiger partial charge in [-0.2, -0.15) is 22.0 Å². The zero-order valence-electron chi connectivity index (χ0n) is 4.18. The molecule has 0 saturated heterocycles. The first-order valence-corrected chi connectivity index (χ1v) is 2.92. The molecule has 0 saturated carbocycles. The van der Waals surface area contributed by atoms with Crippen molar-refractivity contribution in [2.45, 2.75) is 9.85 Å². The van der Waals surface area contributed by atoms with Crippen molar-refractivity contribution in [2.75, 3.05) is 0 Å². The molecule has 0 atom stereocenters. The Morgan fingerprint density at radius 2 is 1.50 bits per heavy atom. The highest BCUT2D eigenvalue weighted by Gasteiger charge is 2.61. The van der Waals surface area contributed by atoms with Gasteiger partial charge in [-0.05, 0) is 0 Å². The predicted octanol–water partition coefficient (Wildman–Crippen LogP) is 2.15. The Morgan fingerprint density at radius 3 is 1.50 bits per heavy atom. The van der Waals surface area contributed by atoms with Crippen LogP contribution in [0.3, 0.4) is 0 Å². The monoisotopic (exact) mass is 274 g/mol. The van der Waals surface area contributed by atoms with Crippen LogP contribution in [0.15, 0.2) is 0 Å². The molecule has 0 aromatic heterocycles. The van der Waals surface area contributed by atoms with Gasteiger partial charge in [0.1, 0.15) is 0 Å². The van der Waals surface area contributed by atoms with E-state index in [0.717, 1.165) is 0 Å². The van der Waals surface area contributed by atoms with E-state index in [0.29, 0.717) is 0 Å². The normalized spacial score (nSPS) is 13.4. The van der Waals surface area contributed by atoms with E-state index in [-0.39, 0.29) is 22.6 Å². The molecular formula is C3F5IO. The smallest absolute Gasteiger partial charge is 0.254 e. The zero-order valence-corrected chi connectivity index (χ0v) is 6.33. The summed E-state index contributed by atoms with van der Waals surface area (Å²) in [6.45, 7) is 0. The van der Waals surface area contributed by atoms with Crippen molar-refractivity contribution in [3.8, 4) is 0 Å². The fraction of sp³-hybridized carbons (Fsp3) is 0.667. The quantitative estimate of drug-likeness (QED) is 0.326. The highest BCUT2D eigenvalue weighted by Crippen LogP contribution is 2.40. The van der Waals surface area contributed by atoms with Gasteiger partial charge in [0.15, 0.2) is 0 Å². The van der Waals surface area contributed by atoms with Crippen molar-refractivity contribution in [3.63, 3.8) is 0 Å². The lowest BCUT2D eigenvalue weighted by Gasteiger charge is -2.15. The van der Waals surface area contributed by atoms with Crippen LogP contribution in [0.4, 0.5) is 22.0 Å². The third-order valence-corrected chi connectivity index (χ3v) is 1.28. The summed E-state index contributed by atoms with van der Waals surface area (Å²) >= 11 is -0.00957.